The topological polar surface area (TPSA) is 55.1 Å². The third-order valence-corrected chi connectivity index (χ3v) is 3.81. The molecule has 3 nitrogen and oxygen atoms in total. The van der Waals surface area contributed by atoms with Crippen LogP contribution in [0, 0.1) is 6.92 Å². The van der Waals surface area contributed by atoms with E-state index in [1.807, 2.05) is 25.1 Å². The minimum absolute atomic E-state index is 0.149. The van der Waals surface area contributed by atoms with Crippen molar-refractivity contribution in [3.05, 3.63) is 58.7 Å². The molecule has 2 aromatic rings. The number of benzene rings is 2. The zero-order chi connectivity index (χ0) is 14.1. The number of amides is 1. The van der Waals surface area contributed by atoms with Crippen LogP contribution in [0.2, 0.25) is 0 Å². The number of hydrogen-bond donors (Lipinski definition) is 2. The van der Waals surface area contributed by atoms with Crippen LogP contribution in [0.3, 0.4) is 0 Å². The van der Waals surface area contributed by atoms with Gasteiger partial charge >= 0.3 is 0 Å². The maximum atomic E-state index is 12.3. The molecule has 1 aliphatic carbocycles. The van der Waals surface area contributed by atoms with Crippen molar-refractivity contribution in [2.75, 3.05) is 11.1 Å². The van der Waals surface area contributed by atoms with Gasteiger partial charge in [-0.15, -0.1) is 0 Å². The number of rotatable bonds is 2. The first-order valence-corrected chi connectivity index (χ1v) is 6.93. The molecule has 3 heteroatoms. The third-order valence-electron chi connectivity index (χ3n) is 3.81. The van der Waals surface area contributed by atoms with Crippen LogP contribution in [0.4, 0.5) is 11.4 Å². The smallest absolute Gasteiger partial charge is 0.257 e. The Kier molecular flexibility index (Phi) is 3.18. The molecular formula is C17H18N2O. The van der Waals surface area contributed by atoms with Crippen LogP contribution >= 0.6 is 0 Å². The van der Waals surface area contributed by atoms with E-state index in [0.717, 1.165) is 24.1 Å². The highest BCUT2D eigenvalue weighted by atomic mass is 16.1. The zero-order valence-corrected chi connectivity index (χ0v) is 11.6. The number of nitrogens with two attached hydrogens (primary N) is 1. The lowest BCUT2D eigenvalue weighted by molar-refractivity contribution is 0.102. The van der Waals surface area contributed by atoms with E-state index in [9.17, 15) is 4.79 Å². The van der Waals surface area contributed by atoms with Crippen molar-refractivity contribution < 1.29 is 4.79 Å². The van der Waals surface area contributed by atoms with Crippen LogP contribution in [-0.4, -0.2) is 5.91 Å². The van der Waals surface area contributed by atoms with Gasteiger partial charge in [-0.05, 0) is 61.6 Å². The molecule has 0 heterocycles. The number of fused-ring (bicyclic) bond motifs is 1. The first-order chi connectivity index (χ1) is 9.63. The molecule has 3 rings (SSSR count). The fraction of sp³-hybridized carbons (Fsp3) is 0.235. The second kappa shape index (κ2) is 5.00. The summed E-state index contributed by atoms with van der Waals surface area (Å²) in [7, 11) is 0. The third kappa shape index (κ3) is 2.39. The first-order valence-electron chi connectivity index (χ1n) is 6.93. The Balaban J connectivity index is 1.84. The Morgan fingerprint density at radius 1 is 1.10 bits per heavy atom. The Morgan fingerprint density at radius 3 is 2.75 bits per heavy atom. The molecule has 0 unspecified atom stereocenters. The molecule has 2 aromatic carbocycles. The molecule has 1 amide bonds. The van der Waals surface area contributed by atoms with Crippen LogP contribution in [0.15, 0.2) is 36.4 Å². The summed E-state index contributed by atoms with van der Waals surface area (Å²) in [4.78, 5) is 12.3. The maximum absolute atomic E-state index is 12.3. The molecule has 0 saturated carbocycles. The average Bonchev–Trinajstić information content (AvgIpc) is 2.89. The van der Waals surface area contributed by atoms with Crippen molar-refractivity contribution in [1.29, 1.82) is 0 Å². The lowest BCUT2D eigenvalue weighted by Crippen LogP contribution is -2.14. The summed E-state index contributed by atoms with van der Waals surface area (Å²) in [6.07, 6.45) is 3.46. The predicted molar refractivity (Wildman–Crippen MR) is 82.0 cm³/mol. The highest BCUT2D eigenvalue weighted by molar-refractivity contribution is 6.07. The molecular weight excluding hydrogens is 248 g/mol. The minimum Gasteiger partial charge on any atom is -0.398 e. The molecule has 1 aliphatic rings. The molecule has 0 spiro atoms. The van der Waals surface area contributed by atoms with E-state index in [1.54, 1.807) is 6.07 Å². The van der Waals surface area contributed by atoms with Gasteiger partial charge in [0.25, 0.3) is 5.91 Å². The second-order valence-electron chi connectivity index (χ2n) is 5.38. The summed E-state index contributed by atoms with van der Waals surface area (Å²) in [5.41, 5.74) is 11.5. The fourth-order valence-electron chi connectivity index (χ4n) is 2.71. The van der Waals surface area contributed by atoms with Gasteiger partial charge in [0, 0.05) is 11.4 Å². The summed E-state index contributed by atoms with van der Waals surface area (Å²) in [6.45, 7) is 1.95. The van der Waals surface area contributed by atoms with Crippen LogP contribution in [0.1, 0.15) is 33.5 Å². The number of anilines is 2. The van der Waals surface area contributed by atoms with E-state index < -0.39 is 0 Å². The normalized spacial score (nSPS) is 13.1. The van der Waals surface area contributed by atoms with Crippen molar-refractivity contribution in [2.24, 2.45) is 0 Å². The van der Waals surface area contributed by atoms with Crippen molar-refractivity contribution in [3.63, 3.8) is 0 Å². The Hall–Kier alpha value is -2.29. The van der Waals surface area contributed by atoms with E-state index in [0.29, 0.717) is 11.3 Å². The average molecular weight is 266 g/mol. The monoisotopic (exact) mass is 266 g/mol. The first kappa shape index (κ1) is 12.7. The van der Waals surface area contributed by atoms with Crippen molar-refractivity contribution in [1.82, 2.24) is 0 Å². The van der Waals surface area contributed by atoms with Crippen LogP contribution in [0.5, 0.6) is 0 Å². The second-order valence-corrected chi connectivity index (χ2v) is 5.38. The molecule has 0 saturated heterocycles. The molecule has 0 radical (unpaired) electrons. The number of carbonyl (C=O) groups is 1. The van der Waals surface area contributed by atoms with Gasteiger partial charge < -0.3 is 11.1 Å². The number of aryl methyl sites for hydroxylation is 3. The maximum Gasteiger partial charge on any atom is 0.257 e. The van der Waals surface area contributed by atoms with E-state index >= 15 is 0 Å². The Bertz CT molecular complexity index is 677. The highest BCUT2D eigenvalue weighted by Crippen LogP contribution is 2.25. The van der Waals surface area contributed by atoms with Gasteiger partial charge in [-0.25, -0.2) is 0 Å². The number of hydrogen-bond acceptors (Lipinski definition) is 2. The predicted octanol–water partition coefficient (Wildman–Crippen LogP) is 3.32. The Morgan fingerprint density at radius 2 is 1.90 bits per heavy atom. The van der Waals surface area contributed by atoms with Gasteiger partial charge in [0.2, 0.25) is 0 Å². The van der Waals surface area contributed by atoms with E-state index in [1.165, 1.54) is 17.5 Å². The van der Waals surface area contributed by atoms with Gasteiger partial charge in [-0.1, -0.05) is 17.7 Å². The molecule has 0 aromatic heterocycles. The summed E-state index contributed by atoms with van der Waals surface area (Å²) in [5.74, 6) is -0.149. The van der Waals surface area contributed by atoms with Crippen LogP contribution < -0.4 is 11.1 Å². The molecule has 0 fully saturated rings. The molecule has 20 heavy (non-hydrogen) atoms. The van der Waals surface area contributed by atoms with Gasteiger partial charge in [-0.2, -0.15) is 0 Å². The minimum atomic E-state index is -0.149. The van der Waals surface area contributed by atoms with Crippen molar-refractivity contribution in [3.8, 4) is 0 Å². The summed E-state index contributed by atoms with van der Waals surface area (Å²) >= 11 is 0. The summed E-state index contributed by atoms with van der Waals surface area (Å²) in [5, 5.41) is 2.94. The quantitative estimate of drug-likeness (QED) is 0.819. The van der Waals surface area contributed by atoms with Gasteiger partial charge in [0.15, 0.2) is 0 Å². The standard InChI is InChI=1S/C17H18N2O/c1-11-5-8-16(18)15(9-11)17(20)19-14-7-6-12-3-2-4-13(12)10-14/h5-10H,2-4,18H2,1H3,(H,19,20). The Labute approximate surface area is 118 Å². The molecule has 0 aliphatic heterocycles. The molecule has 0 atom stereocenters. The van der Waals surface area contributed by atoms with E-state index in [4.69, 9.17) is 5.73 Å². The van der Waals surface area contributed by atoms with Crippen LogP contribution in [0.25, 0.3) is 0 Å². The van der Waals surface area contributed by atoms with E-state index in [-0.39, 0.29) is 5.91 Å². The highest BCUT2D eigenvalue weighted by Gasteiger charge is 2.13. The van der Waals surface area contributed by atoms with Gasteiger partial charge in [0.05, 0.1) is 5.56 Å². The fourth-order valence-corrected chi connectivity index (χ4v) is 2.71. The molecule has 102 valence electrons. The largest absolute Gasteiger partial charge is 0.398 e. The van der Waals surface area contributed by atoms with E-state index in [2.05, 4.69) is 17.4 Å². The number of nitrogens with one attached hydrogen (secondary N) is 1. The summed E-state index contributed by atoms with van der Waals surface area (Å²) < 4.78 is 0. The lowest BCUT2D eigenvalue weighted by atomic mass is 10.1. The number of nitrogen functional groups attached to an aromatic ring is 1. The van der Waals surface area contributed by atoms with Gasteiger partial charge in [0.1, 0.15) is 0 Å². The summed E-state index contributed by atoms with van der Waals surface area (Å²) in [6, 6.07) is 11.6. The molecule has 3 N–H and O–H groups in total. The SMILES string of the molecule is Cc1ccc(N)c(C(=O)Nc2ccc3c(c2)CCC3)c1. The van der Waals surface area contributed by atoms with Crippen molar-refractivity contribution >= 4 is 17.3 Å². The lowest BCUT2D eigenvalue weighted by Gasteiger charge is -2.10. The zero-order valence-electron chi connectivity index (χ0n) is 11.6. The van der Waals surface area contributed by atoms with Crippen LogP contribution in [-0.2, 0) is 12.8 Å². The number of carbonyl (C=O) groups excluding carboxylic acids is 1. The van der Waals surface area contributed by atoms with Gasteiger partial charge in [-0.3, -0.25) is 4.79 Å². The molecule has 0 bridgehead atoms. The van der Waals surface area contributed by atoms with Crippen molar-refractivity contribution in [2.45, 2.75) is 26.2 Å².